The van der Waals surface area contributed by atoms with Gasteiger partial charge < -0.3 is 14.2 Å². The van der Waals surface area contributed by atoms with E-state index in [9.17, 15) is 9.59 Å². The smallest absolute Gasteiger partial charge is 0.337 e. The van der Waals surface area contributed by atoms with Gasteiger partial charge in [-0.05, 0) is 25.0 Å². The predicted molar refractivity (Wildman–Crippen MR) is 115 cm³/mol. The van der Waals surface area contributed by atoms with Crippen molar-refractivity contribution in [3.05, 3.63) is 29.8 Å². The number of hydrogen-bond acceptors (Lipinski definition) is 5. The van der Waals surface area contributed by atoms with Gasteiger partial charge in [0.15, 0.2) is 0 Å². The molecule has 0 fully saturated rings. The molecule has 0 aliphatic carbocycles. The monoisotopic (exact) mass is 406 g/mol. The first-order valence-electron chi connectivity index (χ1n) is 11.1. The third-order valence-corrected chi connectivity index (χ3v) is 4.77. The van der Waals surface area contributed by atoms with E-state index in [1.165, 1.54) is 57.8 Å². The summed E-state index contributed by atoms with van der Waals surface area (Å²) in [4.78, 5) is 23.3. The Kier molecular flexibility index (Phi) is 14.8. The zero-order valence-corrected chi connectivity index (χ0v) is 18.3. The van der Waals surface area contributed by atoms with Crippen molar-refractivity contribution in [1.29, 1.82) is 0 Å². The van der Waals surface area contributed by atoms with Crippen molar-refractivity contribution in [2.75, 3.05) is 19.8 Å². The second-order valence-electron chi connectivity index (χ2n) is 7.49. The summed E-state index contributed by atoms with van der Waals surface area (Å²) in [7, 11) is 0. The highest BCUT2D eigenvalue weighted by molar-refractivity contribution is 5.75. The zero-order valence-electron chi connectivity index (χ0n) is 18.3. The van der Waals surface area contributed by atoms with E-state index in [2.05, 4.69) is 6.92 Å². The molecule has 0 N–H and O–H groups in total. The normalized spacial score (nSPS) is 10.7. The minimum Gasteiger partial charge on any atom is -0.464 e. The van der Waals surface area contributed by atoms with E-state index in [0.717, 1.165) is 18.4 Å². The second-order valence-corrected chi connectivity index (χ2v) is 7.49. The Morgan fingerprint density at radius 3 is 1.93 bits per heavy atom. The highest BCUT2D eigenvalue weighted by Crippen LogP contribution is 2.16. The molecule has 164 valence electrons. The lowest BCUT2D eigenvalue weighted by molar-refractivity contribution is -0.152. The lowest BCUT2D eigenvalue weighted by Gasteiger charge is -2.08. The number of aryl methyl sites for hydroxylation is 1. The quantitative estimate of drug-likeness (QED) is 0.187. The molecule has 0 atom stereocenters. The molecule has 5 heteroatoms. The number of benzene rings is 1. The Morgan fingerprint density at radius 2 is 1.31 bits per heavy atom. The Bertz CT molecular complexity index is 570. The number of carbonyl (C=O) groups excluding carboxylic acids is 2. The molecule has 5 nitrogen and oxygen atoms in total. The number of hydrogen-bond donors (Lipinski definition) is 0. The molecule has 0 heterocycles. The number of rotatable bonds is 17. The summed E-state index contributed by atoms with van der Waals surface area (Å²) >= 11 is 0. The van der Waals surface area contributed by atoms with Gasteiger partial charge in [-0.25, -0.2) is 9.59 Å². The van der Waals surface area contributed by atoms with Gasteiger partial charge in [0.25, 0.3) is 0 Å². The summed E-state index contributed by atoms with van der Waals surface area (Å²) in [6, 6.07) is 7.24. The fourth-order valence-electron chi connectivity index (χ4n) is 3.03. The third kappa shape index (κ3) is 13.9. The molecule has 1 rings (SSSR count). The van der Waals surface area contributed by atoms with Crippen LogP contribution in [0.2, 0.25) is 0 Å². The van der Waals surface area contributed by atoms with Gasteiger partial charge in [0, 0.05) is 0 Å². The van der Waals surface area contributed by atoms with E-state index in [1.54, 1.807) is 12.1 Å². The maximum absolute atomic E-state index is 11.7. The van der Waals surface area contributed by atoms with E-state index in [-0.39, 0.29) is 13.2 Å². The molecule has 29 heavy (non-hydrogen) atoms. The number of esters is 2. The molecule has 0 bridgehead atoms. The van der Waals surface area contributed by atoms with Gasteiger partial charge in [0.2, 0.25) is 0 Å². The number of ether oxygens (including phenoxy) is 3. The van der Waals surface area contributed by atoms with Gasteiger partial charge in [-0.3, -0.25) is 0 Å². The largest absolute Gasteiger partial charge is 0.464 e. The Labute approximate surface area is 176 Å². The van der Waals surface area contributed by atoms with Crippen LogP contribution in [0.4, 0.5) is 0 Å². The highest BCUT2D eigenvalue weighted by atomic mass is 16.6. The fraction of sp³-hybridized carbons (Fsp3) is 0.667. The average Bonchev–Trinajstić information content (AvgIpc) is 2.70. The maximum atomic E-state index is 11.7. The fourth-order valence-corrected chi connectivity index (χ4v) is 3.03. The number of unbranched alkanes of at least 4 members (excludes halogenated alkanes) is 10. The van der Waals surface area contributed by atoms with Crippen LogP contribution in [0.15, 0.2) is 24.3 Å². The van der Waals surface area contributed by atoms with Crippen LogP contribution in [-0.4, -0.2) is 31.8 Å². The van der Waals surface area contributed by atoms with Crippen LogP contribution in [0, 0.1) is 6.92 Å². The number of carbonyl (C=O) groups is 2. The summed E-state index contributed by atoms with van der Waals surface area (Å²) in [6.07, 6.45) is 13.8. The summed E-state index contributed by atoms with van der Waals surface area (Å²) in [6.45, 7) is 4.00. The third-order valence-electron chi connectivity index (χ3n) is 4.77. The standard InChI is InChI=1S/C24H38O5/c1-3-4-5-6-7-8-9-10-11-12-15-18-28-23(25)19-27-20-24(26)29-22-17-14-13-16-21(22)2/h13-14,16-17H,3-12,15,18-20H2,1-2H3. The SMILES string of the molecule is CCCCCCCCCCCCCOC(=O)COCC(=O)Oc1ccccc1C. The molecule has 0 amide bonds. The molecule has 0 aliphatic rings. The molecule has 0 spiro atoms. The van der Waals surface area contributed by atoms with E-state index in [4.69, 9.17) is 14.2 Å². The van der Waals surface area contributed by atoms with Gasteiger partial charge >= 0.3 is 11.9 Å². The molecule has 0 radical (unpaired) electrons. The first kappa shape index (κ1) is 25.2. The van der Waals surface area contributed by atoms with E-state index >= 15 is 0 Å². The van der Waals surface area contributed by atoms with Crippen LogP contribution in [0.25, 0.3) is 0 Å². The van der Waals surface area contributed by atoms with Crippen LogP contribution in [0.5, 0.6) is 5.75 Å². The number of para-hydroxylation sites is 1. The second kappa shape index (κ2) is 17.0. The lowest BCUT2D eigenvalue weighted by atomic mass is 10.1. The van der Waals surface area contributed by atoms with Crippen molar-refractivity contribution in [2.45, 2.75) is 84.5 Å². The van der Waals surface area contributed by atoms with Crippen molar-refractivity contribution < 1.29 is 23.8 Å². The van der Waals surface area contributed by atoms with Gasteiger partial charge in [-0.15, -0.1) is 0 Å². The van der Waals surface area contributed by atoms with Gasteiger partial charge in [-0.1, -0.05) is 89.3 Å². The average molecular weight is 407 g/mol. The van der Waals surface area contributed by atoms with Crippen LogP contribution < -0.4 is 4.74 Å². The molecule has 0 unspecified atom stereocenters. The minimum atomic E-state index is -0.530. The minimum absolute atomic E-state index is 0.235. The van der Waals surface area contributed by atoms with Crippen LogP contribution in [-0.2, 0) is 19.1 Å². The predicted octanol–water partition coefficient (Wildman–Crippen LogP) is 5.77. The van der Waals surface area contributed by atoms with E-state index in [0.29, 0.717) is 12.4 Å². The molecule has 1 aromatic rings. The lowest BCUT2D eigenvalue weighted by Crippen LogP contribution is -2.20. The molecule has 0 saturated heterocycles. The highest BCUT2D eigenvalue weighted by Gasteiger charge is 2.09. The van der Waals surface area contributed by atoms with Crippen molar-refractivity contribution >= 4 is 11.9 Å². The molecule has 0 aliphatic heterocycles. The first-order valence-corrected chi connectivity index (χ1v) is 11.1. The Hall–Kier alpha value is -1.88. The van der Waals surface area contributed by atoms with Crippen molar-refractivity contribution in [3.63, 3.8) is 0 Å². The van der Waals surface area contributed by atoms with E-state index < -0.39 is 11.9 Å². The summed E-state index contributed by atoms with van der Waals surface area (Å²) < 4.78 is 15.4. The molecule has 1 aromatic carbocycles. The summed E-state index contributed by atoms with van der Waals surface area (Å²) in [5.74, 6) is -0.474. The molecular formula is C24H38O5. The molecular weight excluding hydrogens is 368 g/mol. The zero-order chi connectivity index (χ0) is 21.2. The van der Waals surface area contributed by atoms with Gasteiger partial charge in [0.1, 0.15) is 19.0 Å². The van der Waals surface area contributed by atoms with Crippen LogP contribution in [0.1, 0.15) is 83.1 Å². The summed E-state index contributed by atoms with van der Waals surface area (Å²) in [5, 5.41) is 0. The topological polar surface area (TPSA) is 61.8 Å². The summed E-state index contributed by atoms with van der Waals surface area (Å²) in [5.41, 5.74) is 0.868. The molecule has 0 aromatic heterocycles. The first-order chi connectivity index (χ1) is 14.1. The van der Waals surface area contributed by atoms with E-state index in [1.807, 2.05) is 19.1 Å². The Morgan fingerprint density at radius 1 is 0.759 bits per heavy atom. The van der Waals surface area contributed by atoms with Crippen molar-refractivity contribution in [1.82, 2.24) is 0 Å². The van der Waals surface area contributed by atoms with Crippen LogP contribution in [0.3, 0.4) is 0 Å². The van der Waals surface area contributed by atoms with Crippen molar-refractivity contribution in [3.8, 4) is 5.75 Å². The van der Waals surface area contributed by atoms with Crippen LogP contribution >= 0.6 is 0 Å². The molecule has 0 saturated carbocycles. The maximum Gasteiger partial charge on any atom is 0.337 e. The Balaban J connectivity index is 1.90. The van der Waals surface area contributed by atoms with Gasteiger partial charge in [0.05, 0.1) is 6.61 Å². The van der Waals surface area contributed by atoms with Gasteiger partial charge in [-0.2, -0.15) is 0 Å². The van der Waals surface area contributed by atoms with Crippen molar-refractivity contribution in [2.24, 2.45) is 0 Å².